The van der Waals surface area contributed by atoms with Crippen molar-refractivity contribution < 1.29 is 90.6 Å². The molecule has 3 aliphatic rings. The van der Waals surface area contributed by atoms with E-state index in [0.29, 0.717) is 13.0 Å². The van der Waals surface area contributed by atoms with Crippen molar-refractivity contribution in [2.45, 2.75) is 80.8 Å². The molecule has 0 bridgehead atoms. The number of fused-ring (bicyclic) bond motifs is 1. The summed E-state index contributed by atoms with van der Waals surface area (Å²) in [6, 6.07) is -0.716. The molecule has 2 aromatic heterocycles. The Morgan fingerprint density at radius 2 is 1.55 bits per heavy atom. The van der Waals surface area contributed by atoms with E-state index in [4.69, 9.17) is 46.6 Å². The van der Waals surface area contributed by atoms with Crippen LogP contribution in [0.2, 0.25) is 0 Å². The standard InChI is InChI=1S/C21H30N7O17P3.C6H14N2O2/c22-17-12-19(25-7-24-17)28(8-26-12)21-16(44-46(33,34)35)14(30)11(43-21)6-41-48(38,39)45-47(36,37)40-5-10-13(29)15(31)20(42-10)27-3-1-2-9(4-27)18(23)32;7-4-2-1-3-5(8)6(9)10/h1,3-4,7-8,10-11,13-16,20-21,29-31H,2,5-6H2,(H2,23,32)(H,36,37)(H,38,39)(H2,22,24,25)(H2,33,34,35);5H,1-4,7-8H2,(H,9,10)/t10-,11-,13?,14-,15?,16-,20?,21-;/m1./s1. The van der Waals surface area contributed by atoms with E-state index in [9.17, 15) is 58.2 Å². The van der Waals surface area contributed by atoms with Crippen LogP contribution in [0.1, 0.15) is 31.9 Å². The number of amides is 1. The van der Waals surface area contributed by atoms with E-state index in [1.54, 1.807) is 0 Å². The van der Waals surface area contributed by atoms with Gasteiger partial charge in [0.25, 0.3) is 0 Å². The number of aliphatic hydroxyl groups excluding tert-OH is 3. The average Bonchev–Trinajstić information content (AvgIpc) is 3.79. The highest BCUT2D eigenvalue weighted by Gasteiger charge is 2.51. The molecule has 3 aliphatic heterocycles. The summed E-state index contributed by atoms with van der Waals surface area (Å²) in [5.41, 5.74) is 21.7. The van der Waals surface area contributed by atoms with Crippen LogP contribution in [0, 0.1) is 0 Å². The van der Waals surface area contributed by atoms with Crippen LogP contribution in [0.4, 0.5) is 5.82 Å². The largest absolute Gasteiger partial charge is 0.481 e. The molecular weight excluding hydrogens is 847 g/mol. The van der Waals surface area contributed by atoms with E-state index in [-0.39, 0.29) is 29.0 Å². The Kier molecular flexibility index (Phi) is 16.2. The van der Waals surface area contributed by atoms with E-state index in [1.165, 1.54) is 23.4 Å². The summed E-state index contributed by atoms with van der Waals surface area (Å²) in [6.07, 6.45) is -4.30. The van der Waals surface area contributed by atoms with E-state index < -0.39 is 104 Å². The second-order valence-electron chi connectivity index (χ2n) is 12.6. The number of unbranched alkanes of at least 4 members (excludes halogenated alkanes) is 1. The average molecular weight is 892 g/mol. The van der Waals surface area contributed by atoms with Crippen molar-refractivity contribution in [1.82, 2.24) is 24.4 Å². The number of imidazole rings is 1. The minimum Gasteiger partial charge on any atom is -0.480 e. The highest BCUT2D eigenvalue weighted by molar-refractivity contribution is 7.61. The summed E-state index contributed by atoms with van der Waals surface area (Å²) in [7, 11) is -16.3. The molecule has 16 N–H and O–H groups in total. The SMILES string of the molecule is NC(=O)C1=CN(C2O[C@H](COP(=O)(O)OP(=O)(O)OC[C@H]3O[C@@H](n4cnc5c(N)ncnc54)[C@H](OP(=O)(O)O)[C@@H]3O)C(O)C2O)C=CC1.NCCCCC(N)C(=O)O. The van der Waals surface area contributed by atoms with Gasteiger partial charge >= 0.3 is 29.4 Å². The molecule has 2 saturated heterocycles. The summed E-state index contributed by atoms with van der Waals surface area (Å²) in [4.78, 5) is 73.6. The number of hydrogen-bond acceptors (Lipinski definition) is 21. The number of nitrogen functional groups attached to an aromatic ring is 1. The second kappa shape index (κ2) is 19.8. The first kappa shape index (κ1) is 47.3. The van der Waals surface area contributed by atoms with Gasteiger partial charge in [-0.05, 0) is 25.8 Å². The Morgan fingerprint density at radius 3 is 2.14 bits per heavy atom. The molecule has 0 aromatic carbocycles. The van der Waals surface area contributed by atoms with Gasteiger partial charge in [-0.1, -0.05) is 12.5 Å². The summed E-state index contributed by atoms with van der Waals surface area (Å²) >= 11 is 0. The number of aromatic nitrogens is 4. The number of carboxylic acids is 1. The maximum absolute atomic E-state index is 12.6. The number of nitrogens with two attached hydrogens (primary N) is 4. The lowest BCUT2D eigenvalue weighted by Gasteiger charge is -2.28. The fourth-order valence-corrected chi connectivity index (χ4v) is 8.20. The number of phosphoric ester groups is 3. The summed E-state index contributed by atoms with van der Waals surface area (Å²) in [6.45, 7) is -1.42. The number of allylic oxidation sites excluding steroid dienone is 1. The van der Waals surface area contributed by atoms with Crippen molar-refractivity contribution in [1.29, 1.82) is 0 Å². The zero-order valence-corrected chi connectivity index (χ0v) is 32.7. The molecule has 0 spiro atoms. The molecule has 0 aliphatic carbocycles. The van der Waals surface area contributed by atoms with E-state index in [1.807, 2.05) is 0 Å². The third-order valence-corrected chi connectivity index (χ3v) is 11.5. The molecule has 28 nitrogen and oxygen atoms in total. The maximum Gasteiger partial charge on any atom is 0.481 e. The van der Waals surface area contributed by atoms with Gasteiger partial charge in [0.15, 0.2) is 23.9 Å². The van der Waals surface area contributed by atoms with Gasteiger partial charge in [0.2, 0.25) is 5.91 Å². The van der Waals surface area contributed by atoms with Gasteiger partial charge < -0.3 is 77.3 Å². The van der Waals surface area contributed by atoms with Gasteiger partial charge in [-0.25, -0.2) is 28.6 Å². The van der Waals surface area contributed by atoms with Crippen LogP contribution in [0.15, 0.2) is 36.7 Å². The molecule has 2 fully saturated rings. The number of nitrogens with zero attached hydrogens (tertiary/aromatic N) is 5. The molecule has 31 heteroatoms. The number of carbonyl (C=O) groups excluding carboxylic acids is 1. The molecule has 11 atom stereocenters. The fourth-order valence-electron chi connectivity index (χ4n) is 5.57. The van der Waals surface area contributed by atoms with Crippen molar-refractivity contribution in [2.24, 2.45) is 17.2 Å². The molecule has 2 aromatic rings. The van der Waals surface area contributed by atoms with Crippen LogP contribution in [0.25, 0.3) is 11.2 Å². The van der Waals surface area contributed by atoms with Crippen molar-refractivity contribution in [3.8, 4) is 0 Å². The van der Waals surface area contributed by atoms with Crippen LogP contribution in [-0.2, 0) is 50.6 Å². The van der Waals surface area contributed by atoms with Crippen molar-refractivity contribution in [3.05, 3.63) is 36.7 Å². The van der Waals surface area contributed by atoms with Crippen molar-refractivity contribution >= 4 is 52.3 Å². The Morgan fingerprint density at radius 1 is 0.931 bits per heavy atom. The molecule has 58 heavy (non-hydrogen) atoms. The lowest BCUT2D eigenvalue weighted by molar-refractivity contribution is -0.138. The fraction of sp³-hybridized carbons (Fsp3) is 0.593. The third-order valence-electron chi connectivity index (χ3n) is 8.40. The number of hydrogen-bond donors (Lipinski definition) is 12. The first-order valence-corrected chi connectivity index (χ1v) is 21.4. The topological polar surface area (TPSA) is 453 Å². The highest BCUT2D eigenvalue weighted by Crippen LogP contribution is 2.61. The lowest BCUT2D eigenvalue weighted by atomic mass is 10.1. The first-order chi connectivity index (χ1) is 27.0. The van der Waals surface area contributed by atoms with Gasteiger partial charge in [0, 0.05) is 18.0 Å². The zero-order chi connectivity index (χ0) is 43.2. The van der Waals surface area contributed by atoms with Crippen molar-refractivity contribution in [3.63, 3.8) is 0 Å². The van der Waals surface area contributed by atoms with Gasteiger partial charge in [-0.15, -0.1) is 0 Å². The van der Waals surface area contributed by atoms with Crippen LogP contribution in [0.5, 0.6) is 0 Å². The Labute approximate surface area is 327 Å². The number of aliphatic carboxylic acids is 1. The Balaban J connectivity index is 0.000000657. The van der Waals surface area contributed by atoms with Gasteiger partial charge in [0.05, 0.1) is 19.5 Å². The summed E-state index contributed by atoms with van der Waals surface area (Å²) in [5, 5.41) is 39.9. The highest BCUT2D eigenvalue weighted by atomic mass is 31.3. The number of primary amides is 1. The van der Waals surface area contributed by atoms with Gasteiger partial charge in [0.1, 0.15) is 54.5 Å². The number of carbonyl (C=O) groups is 2. The number of carboxylic acid groups (broad SMARTS) is 1. The predicted octanol–water partition coefficient (Wildman–Crippen LogP) is -3.04. The van der Waals surface area contributed by atoms with E-state index >= 15 is 0 Å². The van der Waals surface area contributed by atoms with Gasteiger partial charge in [-0.3, -0.25) is 27.7 Å². The minimum atomic E-state index is -5.52. The third kappa shape index (κ3) is 12.6. The zero-order valence-electron chi connectivity index (χ0n) is 30.0. The number of anilines is 1. The molecule has 6 unspecified atom stereocenters. The molecule has 0 radical (unpaired) electrons. The summed E-state index contributed by atoms with van der Waals surface area (Å²) in [5.74, 6) is -1.72. The minimum absolute atomic E-state index is 0.00424. The van der Waals surface area contributed by atoms with Crippen molar-refractivity contribution in [2.75, 3.05) is 25.5 Å². The van der Waals surface area contributed by atoms with Gasteiger partial charge in [-0.2, -0.15) is 4.31 Å². The van der Waals surface area contributed by atoms with E-state index in [0.717, 1.165) is 30.1 Å². The van der Waals surface area contributed by atoms with Crippen LogP contribution < -0.4 is 22.9 Å². The number of rotatable bonds is 18. The maximum atomic E-state index is 12.6. The molecule has 5 heterocycles. The van der Waals surface area contributed by atoms with Crippen LogP contribution in [0.3, 0.4) is 0 Å². The number of phosphoric acid groups is 3. The second-order valence-corrected chi connectivity index (χ2v) is 16.9. The Hall–Kier alpha value is -3.34. The molecule has 5 rings (SSSR count). The smallest absolute Gasteiger partial charge is 0.480 e. The molecular formula is C27H44N9O19P3. The first-order valence-electron chi connectivity index (χ1n) is 16.8. The molecule has 1 amide bonds. The van der Waals surface area contributed by atoms with E-state index in [2.05, 4.69) is 23.8 Å². The normalized spacial score (nSPS) is 28.6. The number of ether oxygens (including phenoxy) is 2. The number of aliphatic hydroxyl groups is 3. The van der Waals surface area contributed by atoms with Crippen LogP contribution in [-0.4, -0.2) is 145 Å². The summed E-state index contributed by atoms with van der Waals surface area (Å²) < 4.78 is 67.2. The molecule has 0 saturated carbocycles. The quantitative estimate of drug-likeness (QED) is 0.0523. The Bertz CT molecular complexity index is 1970. The predicted molar refractivity (Wildman–Crippen MR) is 191 cm³/mol. The monoisotopic (exact) mass is 891 g/mol. The molecule has 326 valence electrons. The van der Waals surface area contributed by atoms with Crippen LogP contribution >= 0.6 is 23.5 Å². The lowest BCUT2D eigenvalue weighted by Crippen LogP contribution is -2.40.